The van der Waals surface area contributed by atoms with Crippen LogP contribution >= 0.6 is 35.0 Å². The molecule has 7 rings (SSSR count). The van der Waals surface area contributed by atoms with Gasteiger partial charge in [0.05, 0.1) is 6.04 Å². The van der Waals surface area contributed by atoms with Gasteiger partial charge in [0.25, 0.3) is 5.91 Å². The zero-order valence-corrected chi connectivity index (χ0v) is 36.7. The second-order valence-corrected chi connectivity index (χ2v) is 24.7. The maximum absolute atomic E-state index is 15.0. The second-order valence-electron chi connectivity index (χ2n) is 18.1. The molecule has 2 aromatic rings. The topological polar surface area (TPSA) is 68.7 Å². The van der Waals surface area contributed by atoms with Gasteiger partial charge in [-0.2, -0.15) is 0 Å². The molecule has 12 heteroatoms. The fourth-order valence-electron chi connectivity index (χ4n) is 8.76. The minimum absolute atomic E-state index is 0.0296. The Bertz CT molecular complexity index is 1840. The largest absolute Gasteiger partial charge is 0.416 e. The molecule has 292 valence electrons. The standard InChI is InChI=1S/C42H57Cl2N5O3SSi/c1-27(2)34-35(53-39-45-41(7,30-13-17-32(44)18-14-30)36(49(34)39)29-11-15-31(43)16-12-29)38(51)48-28(3)10-19-33(48)37(50)46-22-23-47(42(26-46)20-21-42)24-25-52-54(8,9)40(4,5)6/h11-18,27-28,33,36H,10,19-26H2,1-9H3/t28-,33+,36-,41+/m1/s1. The summed E-state index contributed by atoms with van der Waals surface area (Å²) in [5, 5.41) is 2.32. The van der Waals surface area contributed by atoms with Crippen LogP contribution in [0.15, 0.2) is 64.1 Å². The number of rotatable bonds is 9. The van der Waals surface area contributed by atoms with Gasteiger partial charge in [0, 0.05) is 60.1 Å². The van der Waals surface area contributed by atoms with Crippen LogP contribution in [0.3, 0.4) is 0 Å². The number of benzene rings is 2. The quantitative estimate of drug-likeness (QED) is 0.236. The number of carbonyl (C=O) groups excluding carboxylic acids is 2. The van der Waals surface area contributed by atoms with Crippen molar-refractivity contribution in [3.63, 3.8) is 0 Å². The van der Waals surface area contributed by atoms with Crippen molar-refractivity contribution in [2.45, 2.75) is 121 Å². The predicted molar refractivity (Wildman–Crippen MR) is 224 cm³/mol. The van der Waals surface area contributed by atoms with E-state index in [0.717, 1.165) is 67.5 Å². The van der Waals surface area contributed by atoms with Crippen molar-refractivity contribution in [2.75, 3.05) is 32.8 Å². The number of aliphatic imine (C=N–C) groups is 1. The van der Waals surface area contributed by atoms with Gasteiger partial charge in [0.15, 0.2) is 13.5 Å². The van der Waals surface area contributed by atoms with Crippen molar-refractivity contribution >= 4 is 60.3 Å². The average Bonchev–Trinajstić information content (AvgIpc) is 3.46. The number of halogens is 2. The van der Waals surface area contributed by atoms with E-state index in [4.69, 9.17) is 32.6 Å². The van der Waals surface area contributed by atoms with Crippen molar-refractivity contribution in [2.24, 2.45) is 10.9 Å². The van der Waals surface area contributed by atoms with E-state index in [-0.39, 0.29) is 40.4 Å². The number of amides is 2. The molecular weight excluding hydrogens is 754 g/mol. The summed E-state index contributed by atoms with van der Waals surface area (Å²) in [5.41, 5.74) is 2.45. The van der Waals surface area contributed by atoms with Crippen molar-refractivity contribution in [1.29, 1.82) is 0 Å². The van der Waals surface area contributed by atoms with Gasteiger partial charge >= 0.3 is 0 Å². The summed E-state index contributed by atoms with van der Waals surface area (Å²) in [7, 11) is -1.82. The molecule has 2 aromatic carbocycles. The van der Waals surface area contributed by atoms with Gasteiger partial charge in [-0.15, -0.1) is 0 Å². The number of amidine groups is 1. The van der Waals surface area contributed by atoms with E-state index in [2.05, 4.69) is 88.4 Å². The molecule has 0 unspecified atom stereocenters. The minimum Gasteiger partial charge on any atom is -0.416 e. The molecule has 8 nitrogen and oxygen atoms in total. The summed E-state index contributed by atoms with van der Waals surface area (Å²) in [6, 6.07) is 15.1. The Balaban J connectivity index is 1.12. The maximum Gasteiger partial charge on any atom is 0.263 e. The van der Waals surface area contributed by atoms with E-state index >= 15 is 0 Å². The number of allylic oxidation sites excluding steroid dienone is 1. The van der Waals surface area contributed by atoms with E-state index in [1.807, 2.05) is 41.3 Å². The molecule has 4 heterocycles. The summed E-state index contributed by atoms with van der Waals surface area (Å²) in [6.45, 7) is 23.9. The normalized spacial score (nSPS) is 27.0. The first-order chi connectivity index (χ1) is 25.4. The van der Waals surface area contributed by atoms with Gasteiger partial charge in [0.2, 0.25) is 5.91 Å². The lowest BCUT2D eigenvalue weighted by molar-refractivity contribution is -0.145. The van der Waals surface area contributed by atoms with Crippen LogP contribution < -0.4 is 0 Å². The third kappa shape index (κ3) is 7.10. The Hall–Kier alpha value is -2.34. The van der Waals surface area contributed by atoms with E-state index in [0.29, 0.717) is 27.9 Å². The highest BCUT2D eigenvalue weighted by molar-refractivity contribution is 8.18. The van der Waals surface area contributed by atoms with Gasteiger partial charge in [0.1, 0.15) is 16.5 Å². The zero-order valence-electron chi connectivity index (χ0n) is 33.4. The first-order valence-corrected chi connectivity index (χ1v) is 24.2. The summed E-state index contributed by atoms with van der Waals surface area (Å²) in [4.78, 5) is 44.4. The average molecular weight is 811 g/mol. The van der Waals surface area contributed by atoms with Crippen LogP contribution in [0.5, 0.6) is 0 Å². The molecule has 1 aliphatic carbocycles. The van der Waals surface area contributed by atoms with E-state index in [1.165, 1.54) is 11.8 Å². The molecule has 1 spiro atoms. The van der Waals surface area contributed by atoms with Gasteiger partial charge in [-0.1, -0.05) is 82.1 Å². The van der Waals surface area contributed by atoms with Crippen molar-refractivity contribution in [1.82, 2.24) is 19.6 Å². The number of likely N-dealkylation sites (tertiary alicyclic amines) is 1. The maximum atomic E-state index is 15.0. The molecule has 0 aromatic heterocycles. The highest BCUT2D eigenvalue weighted by Gasteiger charge is 2.56. The van der Waals surface area contributed by atoms with Crippen LogP contribution in [-0.4, -0.2) is 95.3 Å². The Morgan fingerprint density at radius 2 is 1.63 bits per heavy atom. The molecule has 0 radical (unpaired) electrons. The monoisotopic (exact) mass is 809 g/mol. The molecule has 54 heavy (non-hydrogen) atoms. The Morgan fingerprint density at radius 1 is 1.00 bits per heavy atom. The van der Waals surface area contributed by atoms with Crippen LogP contribution in [0, 0.1) is 5.92 Å². The molecule has 0 N–H and O–H groups in total. The number of hydrogen-bond acceptors (Lipinski definition) is 7. The Labute approximate surface area is 337 Å². The molecule has 5 aliphatic rings. The van der Waals surface area contributed by atoms with Crippen LogP contribution in [0.1, 0.15) is 91.3 Å². The molecule has 2 saturated heterocycles. The van der Waals surface area contributed by atoms with Crippen LogP contribution in [0.2, 0.25) is 28.2 Å². The Morgan fingerprint density at radius 3 is 2.22 bits per heavy atom. The van der Waals surface area contributed by atoms with Crippen molar-refractivity contribution < 1.29 is 14.0 Å². The van der Waals surface area contributed by atoms with E-state index < -0.39 is 19.9 Å². The summed E-state index contributed by atoms with van der Waals surface area (Å²) in [6.07, 6.45) is 3.69. The molecule has 2 amide bonds. The number of thioether (sulfide) groups is 1. The smallest absolute Gasteiger partial charge is 0.263 e. The molecule has 3 fully saturated rings. The fourth-order valence-corrected chi connectivity index (χ4v) is 11.4. The van der Waals surface area contributed by atoms with E-state index in [9.17, 15) is 9.59 Å². The minimum atomic E-state index is -1.82. The summed E-state index contributed by atoms with van der Waals surface area (Å²) >= 11 is 14.2. The lowest BCUT2D eigenvalue weighted by atomic mass is 9.81. The van der Waals surface area contributed by atoms with E-state index in [1.54, 1.807) is 0 Å². The number of carbonyl (C=O) groups is 2. The predicted octanol–water partition coefficient (Wildman–Crippen LogP) is 9.31. The fraction of sp³-hybridized carbons (Fsp3) is 0.595. The van der Waals surface area contributed by atoms with Gasteiger partial charge in [-0.3, -0.25) is 14.5 Å². The van der Waals surface area contributed by atoms with Crippen molar-refractivity contribution in [3.05, 3.63) is 80.3 Å². The second kappa shape index (κ2) is 14.5. The lowest BCUT2D eigenvalue weighted by Gasteiger charge is -2.44. The summed E-state index contributed by atoms with van der Waals surface area (Å²) in [5.74, 6) is 0.0646. The number of piperazine rings is 1. The SMILES string of the molecule is CC(C)C1=C(C(=O)N2[C@H](C)CC[C@H]2C(=O)N2CCN(CCO[Si](C)(C)C(C)(C)C)C3(CC3)C2)SC2=N[C@@](C)(c3ccc(Cl)cc3)[C@@H](c3ccc(Cl)cc3)N21. The number of nitrogens with zero attached hydrogens (tertiary/aromatic N) is 5. The number of fused-ring (bicyclic) bond motifs is 1. The third-order valence-electron chi connectivity index (χ3n) is 13.1. The zero-order chi connectivity index (χ0) is 39.0. The molecule has 0 bridgehead atoms. The number of hydrogen-bond donors (Lipinski definition) is 0. The molecular formula is C42H57Cl2N5O3SSi. The lowest BCUT2D eigenvalue weighted by Crippen LogP contribution is -2.60. The van der Waals surface area contributed by atoms with Gasteiger partial charge in [-0.25, -0.2) is 4.99 Å². The molecule has 4 atom stereocenters. The molecule has 1 saturated carbocycles. The highest BCUT2D eigenvalue weighted by Crippen LogP contribution is 2.57. The summed E-state index contributed by atoms with van der Waals surface area (Å²) < 4.78 is 6.55. The molecule has 4 aliphatic heterocycles. The highest BCUT2D eigenvalue weighted by atomic mass is 35.5. The van der Waals surface area contributed by atoms with Crippen molar-refractivity contribution in [3.8, 4) is 0 Å². The first kappa shape index (κ1) is 39.9. The Kier molecular flexibility index (Phi) is 10.7. The van der Waals surface area contributed by atoms with Gasteiger partial charge < -0.3 is 19.1 Å². The first-order valence-electron chi connectivity index (χ1n) is 19.7. The third-order valence-corrected chi connectivity index (χ3v) is 19.2. The van der Waals surface area contributed by atoms with Crippen LogP contribution in [0.25, 0.3) is 0 Å². The van der Waals surface area contributed by atoms with Crippen LogP contribution in [-0.2, 0) is 19.6 Å². The van der Waals surface area contributed by atoms with Gasteiger partial charge in [-0.05, 0) is 111 Å². The van der Waals surface area contributed by atoms with Crippen LogP contribution in [0.4, 0.5) is 0 Å².